The number of fused-ring (bicyclic) bond motifs is 1. The molecule has 0 aliphatic carbocycles. The summed E-state index contributed by atoms with van der Waals surface area (Å²) in [6.45, 7) is 2.68. The Morgan fingerprint density at radius 2 is 2.28 bits per heavy atom. The van der Waals surface area contributed by atoms with Crippen molar-refractivity contribution in [2.45, 2.75) is 32.7 Å². The van der Waals surface area contributed by atoms with Crippen LogP contribution in [0.2, 0.25) is 0 Å². The average molecular weight is 355 g/mol. The van der Waals surface area contributed by atoms with E-state index in [1.165, 1.54) is 4.57 Å². The van der Waals surface area contributed by atoms with Gasteiger partial charge in [-0.05, 0) is 5.92 Å². The van der Waals surface area contributed by atoms with Gasteiger partial charge in [-0.3, -0.25) is 19.1 Å². The van der Waals surface area contributed by atoms with Gasteiger partial charge in [-0.1, -0.05) is 13.8 Å². The van der Waals surface area contributed by atoms with Gasteiger partial charge >= 0.3 is 5.97 Å². The van der Waals surface area contributed by atoms with Crippen LogP contribution in [0.25, 0.3) is 11.2 Å². The van der Waals surface area contributed by atoms with Crippen molar-refractivity contribution in [1.29, 1.82) is 0 Å². The molecule has 0 saturated carbocycles. The first-order valence-electron chi connectivity index (χ1n) is 8.11. The van der Waals surface area contributed by atoms with Crippen LogP contribution in [0.15, 0.2) is 11.1 Å². The molecule has 0 fully saturated rings. The smallest absolute Gasteiger partial charge is 0.323 e. The van der Waals surface area contributed by atoms with Gasteiger partial charge in [0, 0.05) is 0 Å². The number of nitrogen functional groups attached to an aromatic ring is 1. The van der Waals surface area contributed by atoms with Gasteiger partial charge in [0.2, 0.25) is 5.95 Å². The SMILES string of the molecule is [2H]c1nc2c(=O)[nH]c(N)nc2n1COC(CO)COC(=O)[C@@H](N)C(C)C. The number of aliphatic hydroxyl groups is 1. The molecule has 11 nitrogen and oxygen atoms in total. The van der Waals surface area contributed by atoms with Gasteiger partial charge in [-0.15, -0.1) is 0 Å². The third kappa shape index (κ3) is 4.53. The molecular weight excluding hydrogens is 332 g/mol. The lowest BCUT2D eigenvalue weighted by Crippen LogP contribution is -2.39. The lowest BCUT2D eigenvalue weighted by Gasteiger charge is -2.19. The van der Waals surface area contributed by atoms with Crippen molar-refractivity contribution >= 4 is 23.1 Å². The molecule has 0 spiro atoms. The Hall–Kier alpha value is -2.50. The number of aromatic nitrogens is 4. The van der Waals surface area contributed by atoms with E-state index in [1.807, 2.05) is 0 Å². The Morgan fingerprint density at radius 1 is 1.56 bits per heavy atom. The van der Waals surface area contributed by atoms with Crippen LogP contribution < -0.4 is 17.0 Å². The number of carbonyl (C=O) groups excluding carboxylic acids is 1. The van der Waals surface area contributed by atoms with Gasteiger partial charge in [0.05, 0.1) is 12.9 Å². The molecule has 0 radical (unpaired) electrons. The van der Waals surface area contributed by atoms with Crippen molar-refractivity contribution in [2.24, 2.45) is 11.7 Å². The average Bonchev–Trinajstić information content (AvgIpc) is 2.90. The second-order valence-electron chi connectivity index (χ2n) is 5.76. The second-order valence-corrected chi connectivity index (χ2v) is 5.76. The van der Waals surface area contributed by atoms with Crippen molar-refractivity contribution in [3.05, 3.63) is 16.7 Å². The maximum absolute atomic E-state index is 11.8. The van der Waals surface area contributed by atoms with E-state index in [9.17, 15) is 14.7 Å². The fourth-order valence-corrected chi connectivity index (χ4v) is 1.89. The minimum Gasteiger partial charge on any atom is -0.462 e. The van der Waals surface area contributed by atoms with E-state index in [0.29, 0.717) is 0 Å². The summed E-state index contributed by atoms with van der Waals surface area (Å²) in [4.78, 5) is 33.5. The Labute approximate surface area is 144 Å². The molecule has 0 aliphatic heterocycles. The molecule has 2 aromatic heterocycles. The molecule has 2 aromatic rings. The number of ether oxygens (including phenoxy) is 2. The van der Waals surface area contributed by atoms with Crippen LogP contribution in [0.5, 0.6) is 0 Å². The van der Waals surface area contributed by atoms with Crippen molar-refractivity contribution in [2.75, 3.05) is 18.9 Å². The predicted molar refractivity (Wildman–Crippen MR) is 88.3 cm³/mol. The molecule has 25 heavy (non-hydrogen) atoms. The Kier molecular flexibility index (Phi) is 5.58. The highest BCUT2D eigenvalue weighted by atomic mass is 16.6. The summed E-state index contributed by atoms with van der Waals surface area (Å²) in [5.74, 6) is -0.815. The molecule has 138 valence electrons. The molecule has 2 rings (SSSR count). The number of imidazole rings is 1. The monoisotopic (exact) mass is 355 g/mol. The second kappa shape index (κ2) is 8.05. The van der Waals surface area contributed by atoms with E-state index in [2.05, 4.69) is 15.0 Å². The molecule has 2 atom stereocenters. The van der Waals surface area contributed by atoms with E-state index < -0.39 is 30.3 Å². The molecule has 6 N–H and O–H groups in total. The van der Waals surface area contributed by atoms with Crippen molar-refractivity contribution in [3.63, 3.8) is 0 Å². The molecule has 0 bridgehead atoms. The third-order valence-corrected chi connectivity index (χ3v) is 3.48. The largest absolute Gasteiger partial charge is 0.462 e. The summed E-state index contributed by atoms with van der Waals surface area (Å²) in [6.07, 6.45) is -1.12. The van der Waals surface area contributed by atoms with E-state index >= 15 is 0 Å². The number of hydrogen-bond donors (Lipinski definition) is 4. The lowest BCUT2D eigenvalue weighted by atomic mass is 10.1. The summed E-state index contributed by atoms with van der Waals surface area (Å²) >= 11 is 0. The van der Waals surface area contributed by atoms with Crippen LogP contribution in [0.1, 0.15) is 15.2 Å². The molecule has 2 heterocycles. The van der Waals surface area contributed by atoms with E-state index in [4.69, 9.17) is 22.3 Å². The minimum absolute atomic E-state index is 0.0531. The third-order valence-electron chi connectivity index (χ3n) is 3.48. The summed E-state index contributed by atoms with van der Waals surface area (Å²) in [7, 11) is 0. The number of anilines is 1. The standard InChI is InChI=1S/C14H22N6O5/c1-7(2)9(15)13(23)24-4-8(3-21)25-6-20-5-17-10-11(20)18-14(16)19-12(10)22/h5,7-9,21H,3-4,6,15H2,1-2H3,(H3,16,18,19,22)/t8?,9-/m0/s1/i5D. The number of rotatable bonds is 8. The van der Waals surface area contributed by atoms with Gasteiger partial charge < -0.3 is 26.0 Å². The topological polar surface area (TPSA) is 171 Å². The number of nitrogens with zero attached hydrogens (tertiary/aromatic N) is 3. The zero-order chi connectivity index (χ0) is 19.4. The number of aliphatic hydroxyl groups excluding tert-OH is 1. The molecule has 1 unspecified atom stereocenters. The quantitative estimate of drug-likeness (QED) is 0.414. The zero-order valence-electron chi connectivity index (χ0n) is 14.9. The number of carbonyl (C=O) groups is 1. The highest BCUT2D eigenvalue weighted by Gasteiger charge is 2.21. The molecule has 0 amide bonds. The van der Waals surface area contributed by atoms with Crippen LogP contribution in [-0.2, 0) is 21.0 Å². The van der Waals surface area contributed by atoms with Gasteiger partial charge in [0.15, 0.2) is 11.2 Å². The number of esters is 1. The van der Waals surface area contributed by atoms with Crippen molar-refractivity contribution in [1.82, 2.24) is 19.5 Å². The number of nitrogens with one attached hydrogen (secondary N) is 1. The molecule has 0 saturated heterocycles. The highest BCUT2D eigenvalue weighted by molar-refractivity contribution is 5.75. The van der Waals surface area contributed by atoms with Gasteiger partial charge in [0.1, 0.15) is 26.9 Å². The summed E-state index contributed by atoms with van der Waals surface area (Å²) in [5.41, 5.74) is 10.6. The van der Waals surface area contributed by atoms with Crippen LogP contribution >= 0.6 is 0 Å². The number of H-pyrrole nitrogens is 1. The maximum Gasteiger partial charge on any atom is 0.323 e. The van der Waals surface area contributed by atoms with Gasteiger partial charge in [-0.25, -0.2) is 4.98 Å². The minimum atomic E-state index is -0.852. The summed E-state index contributed by atoms with van der Waals surface area (Å²) < 4.78 is 19.5. The summed E-state index contributed by atoms with van der Waals surface area (Å²) in [6, 6.07) is -0.773. The van der Waals surface area contributed by atoms with Crippen molar-refractivity contribution < 1.29 is 20.7 Å². The molecule has 0 aromatic carbocycles. The van der Waals surface area contributed by atoms with E-state index in [-0.39, 0.29) is 42.7 Å². The van der Waals surface area contributed by atoms with Crippen LogP contribution in [0, 0.1) is 5.92 Å². The fourth-order valence-electron chi connectivity index (χ4n) is 1.89. The van der Waals surface area contributed by atoms with Crippen molar-refractivity contribution in [3.8, 4) is 0 Å². The Morgan fingerprint density at radius 3 is 2.92 bits per heavy atom. The first kappa shape index (κ1) is 17.3. The lowest BCUT2D eigenvalue weighted by molar-refractivity contribution is -0.153. The molecule has 0 aliphatic rings. The van der Waals surface area contributed by atoms with E-state index in [0.717, 1.165) is 0 Å². The van der Waals surface area contributed by atoms with Crippen LogP contribution in [0.4, 0.5) is 5.95 Å². The maximum atomic E-state index is 11.8. The Balaban J connectivity index is 2.05. The number of aromatic amines is 1. The van der Waals surface area contributed by atoms with E-state index in [1.54, 1.807) is 13.8 Å². The normalized spacial score (nSPS) is 14.5. The van der Waals surface area contributed by atoms with Crippen LogP contribution in [-0.4, -0.2) is 56.0 Å². The van der Waals surface area contributed by atoms with Gasteiger partial charge in [-0.2, -0.15) is 4.98 Å². The number of hydrogen-bond acceptors (Lipinski definition) is 9. The predicted octanol–water partition coefficient (Wildman–Crippen LogP) is -1.44. The first-order valence-corrected chi connectivity index (χ1v) is 7.61. The molecular formula is C14H22N6O5. The number of nitrogens with two attached hydrogens (primary N) is 2. The zero-order valence-corrected chi connectivity index (χ0v) is 13.9. The Bertz CT molecular complexity index is 835. The highest BCUT2D eigenvalue weighted by Crippen LogP contribution is 2.08. The fraction of sp³-hybridized carbons (Fsp3) is 0.571. The first-order chi connectivity index (χ1) is 12.2. The summed E-state index contributed by atoms with van der Waals surface area (Å²) in [5, 5.41) is 9.38. The molecule has 11 heteroatoms. The van der Waals surface area contributed by atoms with Gasteiger partial charge in [0.25, 0.3) is 5.56 Å². The van der Waals surface area contributed by atoms with Crippen LogP contribution in [0.3, 0.4) is 0 Å².